The van der Waals surface area contributed by atoms with Crippen LogP contribution in [0.15, 0.2) is 71.5 Å². The van der Waals surface area contributed by atoms with Gasteiger partial charge in [0.05, 0.1) is 6.54 Å². The van der Waals surface area contributed by atoms with Crippen LogP contribution in [0.1, 0.15) is 21.6 Å². The van der Waals surface area contributed by atoms with Gasteiger partial charge in [0.1, 0.15) is 5.69 Å². The summed E-state index contributed by atoms with van der Waals surface area (Å²) in [5.41, 5.74) is 3.12. The predicted octanol–water partition coefficient (Wildman–Crippen LogP) is 2.49. The predicted molar refractivity (Wildman–Crippen MR) is 95.9 cm³/mol. The van der Waals surface area contributed by atoms with E-state index in [1.165, 1.54) is 16.8 Å². The molecule has 0 saturated carbocycles. The Hall–Kier alpha value is -3.21. The molecule has 4 rings (SSSR count). The first-order valence-corrected chi connectivity index (χ1v) is 8.24. The van der Waals surface area contributed by atoms with Crippen LogP contribution in [0.3, 0.4) is 0 Å². The number of amides is 1. The summed E-state index contributed by atoms with van der Waals surface area (Å²) in [6, 6.07) is 20.4. The Labute approximate surface area is 145 Å². The molecule has 25 heavy (non-hydrogen) atoms. The fourth-order valence-electron chi connectivity index (χ4n) is 3.12. The highest BCUT2D eigenvalue weighted by Crippen LogP contribution is 2.28. The molecule has 3 aromatic rings. The molecule has 1 aromatic heterocycles. The third-order valence-electron chi connectivity index (χ3n) is 4.39. The fourth-order valence-corrected chi connectivity index (χ4v) is 3.12. The van der Waals surface area contributed by atoms with Gasteiger partial charge in [0.25, 0.3) is 11.5 Å². The molecule has 0 N–H and O–H groups in total. The minimum Gasteiger partial charge on any atom is -0.306 e. The number of fused-ring (bicyclic) bond motifs is 1. The molecule has 1 aliphatic rings. The van der Waals surface area contributed by atoms with Gasteiger partial charge < -0.3 is 4.90 Å². The van der Waals surface area contributed by atoms with Crippen LogP contribution in [0.5, 0.6) is 0 Å². The molecule has 0 bridgehead atoms. The van der Waals surface area contributed by atoms with Crippen molar-refractivity contribution in [3.8, 4) is 0 Å². The summed E-state index contributed by atoms with van der Waals surface area (Å²) in [4.78, 5) is 26.7. The lowest BCUT2D eigenvalue weighted by molar-refractivity contribution is 0.0982. The highest BCUT2D eigenvalue weighted by Gasteiger charge is 2.26. The van der Waals surface area contributed by atoms with E-state index in [1.807, 2.05) is 54.6 Å². The summed E-state index contributed by atoms with van der Waals surface area (Å²) in [6.07, 6.45) is 0.839. The number of anilines is 1. The van der Waals surface area contributed by atoms with Crippen LogP contribution in [0, 0.1) is 0 Å². The van der Waals surface area contributed by atoms with Crippen LogP contribution in [-0.4, -0.2) is 22.2 Å². The van der Waals surface area contributed by atoms with Crippen LogP contribution in [0.2, 0.25) is 0 Å². The Balaban J connectivity index is 1.64. The molecule has 0 fully saturated rings. The maximum Gasteiger partial charge on any atom is 0.278 e. The molecule has 0 radical (unpaired) electrons. The zero-order valence-electron chi connectivity index (χ0n) is 13.6. The van der Waals surface area contributed by atoms with Crippen molar-refractivity contribution in [2.45, 2.75) is 13.0 Å². The van der Waals surface area contributed by atoms with Crippen molar-refractivity contribution in [3.63, 3.8) is 0 Å². The average Bonchev–Trinajstić information content (AvgIpc) is 3.08. The highest BCUT2D eigenvalue weighted by molar-refractivity contribution is 6.05. The summed E-state index contributed by atoms with van der Waals surface area (Å²) < 4.78 is 1.34. The molecule has 1 aliphatic heterocycles. The third kappa shape index (κ3) is 2.96. The van der Waals surface area contributed by atoms with Gasteiger partial charge in [-0.2, -0.15) is 5.10 Å². The lowest BCUT2D eigenvalue weighted by atomic mass is 10.2. The zero-order valence-corrected chi connectivity index (χ0v) is 13.6. The number of nitrogens with zero attached hydrogens (tertiary/aromatic N) is 3. The second kappa shape index (κ2) is 6.36. The summed E-state index contributed by atoms with van der Waals surface area (Å²) in [7, 11) is 0. The van der Waals surface area contributed by atoms with E-state index in [1.54, 1.807) is 4.90 Å². The molecule has 0 saturated heterocycles. The van der Waals surface area contributed by atoms with Crippen LogP contribution in [0.4, 0.5) is 5.69 Å². The molecule has 5 nitrogen and oxygen atoms in total. The minimum atomic E-state index is -0.220. The van der Waals surface area contributed by atoms with Crippen molar-refractivity contribution in [2.24, 2.45) is 0 Å². The fraction of sp³-hybridized carbons (Fsp3) is 0.150. The molecule has 0 atom stereocenters. The molecule has 0 unspecified atom stereocenters. The Morgan fingerprint density at radius 2 is 1.72 bits per heavy atom. The monoisotopic (exact) mass is 331 g/mol. The van der Waals surface area contributed by atoms with Crippen LogP contribution < -0.4 is 10.5 Å². The van der Waals surface area contributed by atoms with E-state index in [2.05, 4.69) is 5.10 Å². The van der Waals surface area contributed by atoms with Crippen LogP contribution >= 0.6 is 0 Å². The van der Waals surface area contributed by atoms with Crippen molar-refractivity contribution in [3.05, 3.63) is 93.9 Å². The lowest BCUT2D eigenvalue weighted by Gasteiger charge is -2.17. The normalized spacial score (nSPS) is 12.9. The third-order valence-corrected chi connectivity index (χ3v) is 4.39. The lowest BCUT2D eigenvalue weighted by Crippen LogP contribution is -2.32. The van der Waals surface area contributed by atoms with E-state index >= 15 is 0 Å². The van der Waals surface area contributed by atoms with Gasteiger partial charge in [0, 0.05) is 18.3 Å². The van der Waals surface area contributed by atoms with Gasteiger partial charge in [0.15, 0.2) is 0 Å². The number of benzene rings is 2. The van der Waals surface area contributed by atoms with E-state index in [-0.39, 0.29) is 17.2 Å². The molecule has 0 aliphatic carbocycles. The maximum absolute atomic E-state index is 12.9. The molecule has 2 aromatic carbocycles. The number of rotatable bonds is 3. The van der Waals surface area contributed by atoms with Gasteiger partial charge in [-0.05, 0) is 29.7 Å². The van der Waals surface area contributed by atoms with Gasteiger partial charge in [-0.25, -0.2) is 4.68 Å². The van der Waals surface area contributed by atoms with Crippen molar-refractivity contribution in [1.29, 1.82) is 0 Å². The standard InChI is InChI=1S/C20H17N3O2/c24-19-11-10-17(21-23(19)14-15-6-2-1-3-7-15)20(25)22-13-12-16-8-4-5-9-18(16)22/h1-11H,12-14H2. The SMILES string of the molecule is O=C(c1ccc(=O)n(Cc2ccccc2)n1)N1CCc2ccccc21. The molecule has 1 amide bonds. The summed E-state index contributed by atoms with van der Waals surface area (Å²) in [5, 5.41) is 4.30. The molecule has 2 heterocycles. The van der Waals surface area contributed by atoms with E-state index in [4.69, 9.17) is 0 Å². The number of carbonyl (C=O) groups is 1. The number of hydrogen-bond acceptors (Lipinski definition) is 3. The average molecular weight is 331 g/mol. The van der Waals surface area contributed by atoms with Crippen LogP contribution in [0.25, 0.3) is 0 Å². The Morgan fingerprint density at radius 1 is 0.960 bits per heavy atom. The summed E-state index contributed by atoms with van der Waals surface area (Å²) in [6.45, 7) is 0.981. The Kier molecular flexibility index (Phi) is 3.90. The Morgan fingerprint density at radius 3 is 2.56 bits per heavy atom. The second-order valence-corrected chi connectivity index (χ2v) is 6.04. The topological polar surface area (TPSA) is 55.2 Å². The molecule has 124 valence electrons. The van der Waals surface area contributed by atoms with Gasteiger partial charge >= 0.3 is 0 Å². The minimum absolute atomic E-state index is 0.174. The quantitative estimate of drug-likeness (QED) is 0.741. The van der Waals surface area contributed by atoms with E-state index in [0.717, 1.165) is 23.2 Å². The number of carbonyl (C=O) groups excluding carboxylic acids is 1. The highest BCUT2D eigenvalue weighted by atomic mass is 16.2. The van der Waals surface area contributed by atoms with Gasteiger partial charge in [-0.3, -0.25) is 9.59 Å². The summed E-state index contributed by atoms with van der Waals surface area (Å²) in [5.74, 6) is -0.174. The number of aromatic nitrogens is 2. The number of hydrogen-bond donors (Lipinski definition) is 0. The number of para-hydroxylation sites is 1. The van der Waals surface area contributed by atoms with Crippen molar-refractivity contribution >= 4 is 11.6 Å². The van der Waals surface area contributed by atoms with E-state index < -0.39 is 0 Å². The largest absolute Gasteiger partial charge is 0.306 e. The van der Waals surface area contributed by atoms with Crippen molar-refractivity contribution in [2.75, 3.05) is 11.4 Å². The van der Waals surface area contributed by atoms with Crippen molar-refractivity contribution in [1.82, 2.24) is 9.78 Å². The second-order valence-electron chi connectivity index (χ2n) is 6.04. The molecule has 5 heteroatoms. The first-order valence-electron chi connectivity index (χ1n) is 8.24. The smallest absolute Gasteiger partial charge is 0.278 e. The Bertz CT molecular complexity index is 979. The first kappa shape index (κ1) is 15.3. The van der Waals surface area contributed by atoms with Crippen LogP contribution in [-0.2, 0) is 13.0 Å². The molecular formula is C20H17N3O2. The van der Waals surface area contributed by atoms with E-state index in [0.29, 0.717) is 13.1 Å². The maximum atomic E-state index is 12.9. The summed E-state index contributed by atoms with van der Waals surface area (Å²) >= 11 is 0. The van der Waals surface area contributed by atoms with Crippen molar-refractivity contribution < 1.29 is 4.79 Å². The van der Waals surface area contributed by atoms with E-state index in [9.17, 15) is 9.59 Å². The molecule has 0 spiro atoms. The zero-order chi connectivity index (χ0) is 17.2. The first-order chi connectivity index (χ1) is 12.2. The van der Waals surface area contributed by atoms with Gasteiger partial charge in [0.2, 0.25) is 0 Å². The van der Waals surface area contributed by atoms with Gasteiger partial charge in [-0.1, -0.05) is 48.5 Å². The molecular weight excluding hydrogens is 314 g/mol. The van der Waals surface area contributed by atoms with Gasteiger partial charge in [-0.15, -0.1) is 0 Å².